The first-order chi connectivity index (χ1) is 14.2. The predicted octanol–water partition coefficient (Wildman–Crippen LogP) is 5.29. The van der Waals surface area contributed by atoms with Crippen LogP contribution in [0.25, 0.3) is 0 Å². The third-order valence-electron chi connectivity index (χ3n) is 5.38. The second-order valence-electron chi connectivity index (χ2n) is 7.31. The summed E-state index contributed by atoms with van der Waals surface area (Å²) in [7, 11) is 0. The number of nitrogens with zero attached hydrogens (tertiary/aromatic N) is 3. The molecule has 0 N–H and O–H groups in total. The number of rotatable bonds is 7. The zero-order chi connectivity index (χ0) is 20.1. The zero-order valence-electron chi connectivity index (χ0n) is 17.0. The quantitative estimate of drug-likeness (QED) is 0.500. The van der Waals surface area contributed by atoms with Crippen LogP contribution in [0.4, 0.5) is 0 Å². The van der Waals surface area contributed by atoms with Gasteiger partial charge in [-0.15, -0.1) is 11.8 Å². The number of benzene rings is 2. The summed E-state index contributed by atoms with van der Waals surface area (Å²) in [6.07, 6.45) is 4.65. The van der Waals surface area contributed by atoms with Gasteiger partial charge in [-0.3, -0.25) is 9.88 Å². The third kappa shape index (κ3) is 4.98. The largest absolute Gasteiger partial charge is 0.477 e. The van der Waals surface area contributed by atoms with Crippen LogP contribution in [0.2, 0.25) is 0 Å². The van der Waals surface area contributed by atoms with Crippen LogP contribution in [0.1, 0.15) is 42.3 Å². The Morgan fingerprint density at radius 1 is 1.07 bits per heavy atom. The van der Waals surface area contributed by atoms with Crippen LogP contribution in [0.5, 0.6) is 5.88 Å². The Morgan fingerprint density at radius 3 is 2.69 bits per heavy atom. The average Bonchev–Trinajstić information content (AvgIpc) is 2.78. The molecule has 29 heavy (non-hydrogen) atoms. The van der Waals surface area contributed by atoms with Crippen LogP contribution < -0.4 is 4.74 Å². The highest BCUT2D eigenvalue weighted by Gasteiger charge is 2.23. The molecule has 150 valence electrons. The summed E-state index contributed by atoms with van der Waals surface area (Å²) >= 11 is 1.90. The molecule has 4 rings (SSSR count). The Bertz CT molecular complexity index is 931. The Labute approximate surface area is 177 Å². The monoisotopic (exact) mass is 405 g/mol. The van der Waals surface area contributed by atoms with Crippen LogP contribution >= 0.6 is 11.8 Å². The van der Waals surface area contributed by atoms with Gasteiger partial charge in [-0.05, 0) is 49.1 Å². The molecule has 1 unspecified atom stereocenters. The maximum absolute atomic E-state index is 5.41. The van der Waals surface area contributed by atoms with Crippen molar-refractivity contribution >= 4 is 11.8 Å². The molecule has 5 heteroatoms. The fourth-order valence-corrected chi connectivity index (χ4v) is 4.58. The molecule has 2 heterocycles. The molecule has 0 spiro atoms. The van der Waals surface area contributed by atoms with Gasteiger partial charge in [-0.2, -0.15) is 0 Å². The normalized spacial score (nSPS) is 15.0. The Hall–Kier alpha value is -2.37. The van der Waals surface area contributed by atoms with Crippen LogP contribution in [0.3, 0.4) is 0 Å². The van der Waals surface area contributed by atoms with E-state index < -0.39 is 0 Å². The van der Waals surface area contributed by atoms with Crippen molar-refractivity contribution in [1.82, 2.24) is 14.9 Å². The molecule has 1 aromatic heterocycles. The summed E-state index contributed by atoms with van der Waals surface area (Å²) in [5.74, 6) is 1.59. The molecule has 4 nitrogen and oxygen atoms in total. The molecular formula is C24H27N3OS. The lowest BCUT2D eigenvalue weighted by Gasteiger charge is -2.33. The Morgan fingerprint density at radius 2 is 1.93 bits per heavy atom. The van der Waals surface area contributed by atoms with Gasteiger partial charge in [0.2, 0.25) is 5.88 Å². The standard InChI is InChI=1S/C24H27N3OS/c1-3-28-24-15-25-23(14-26-24)18(2)27-12-11-20-9-10-22(13-21(20)16-27)29-17-19-7-5-4-6-8-19/h4-10,13-15,18H,3,11-12,16-17H2,1-2H3. The highest BCUT2D eigenvalue weighted by Crippen LogP contribution is 2.31. The lowest BCUT2D eigenvalue weighted by Crippen LogP contribution is -2.33. The van der Waals surface area contributed by atoms with E-state index >= 15 is 0 Å². The number of thioether (sulfide) groups is 1. The number of fused-ring (bicyclic) bond motifs is 1. The van der Waals surface area contributed by atoms with Crippen LogP contribution in [0, 0.1) is 0 Å². The Kier molecular flexibility index (Phi) is 6.47. The summed E-state index contributed by atoms with van der Waals surface area (Å²) in [6, 6.07) is 17.8. The van der Waals surface area contributed by atoms with E-state index in [0.717, 1.165) is 31.0 Å². The van der Waals surface area contributed by atoms with Crippen molar-refractivity contribution in [1.29, 1.82) is 0 Å². The molecule has 0 saturated carbocycles. The molecule has 1 aliphatic heterocycles. The summed E-state index contributed by atoms with van der Waals surface area (Å²) in [6.45, 7) is 6.76. The highest BCUT2D eigenvalue weighted by atomic mass is 32.2. The minimum Gasteiger partial charge on any atom is -0.477 e. The number of hydrogen-bond donors (Lipinski definition) is 0. The van der Waals surface area contributed by atoms with Crippen molar-refractivity contribution in [2.45, 2.75) is 43.5 Å². The summed E-state index contributed by atoms with van der Waals surface area (Å²) < 4.78 is 5.41. The minimum absolute atomic E-state index is 0.229. The average molecular weight is 406 g/mol. The molecule has 0 amide bonds. The van der Waals surface area contributed by atoms with Gasteiger partial charge in [-0.25, -0.2) is 4.98 Å². The lowest BCUT2D eigenvalue weighted by atomic mass is 9.98. The maximum atomic E-state index is 5.41. The molecule has 0 bridgehead atoms. The van der Waals surface area contributed by atoms with E-state index in [0.29, 0.717) is 12.5 Å². The van der Waals surface area contributed by atoms with Crippen molar-refractivity contribution in [3.63, 3.8) is 0 Å². The first-order valence-corrected chi connectivity index (χ1v) is 11.2. The second-order valence-corrected chi connectivity index (χ2v) is 8.36. The van der Waals surface area contributed by atoms with Crippen molar-refractivity contribution < 1.29 is 4.74 Å². The molecule has 2 aromatic carbocycles. The van der Waals surface area contributed by atoms with Crippen molar-refractivity contribution in [3.05, 3.63) is 83.3 Å². The summed E-state index contributed by atoms with van der Waals surface area (Å²) in [4.78, 5) is 12.8. The summed E-state index contributed by atoms with van der Waals surface area (Å²) in [5, 5.41) is 0. The van der Waals surface area contributed by atoms with E-state index in [1.54, 1.807) is 6.20 Å². The van der Waals surface area contributed by atoms with Crippen molar-refractivity contribution in [2.75, 3.05) is 13.2 Å². The number of hydrogen-bond acceptors (Lipinski definition) is 5. The molecule has 0 radical (unpaired) electrons. The number of ether oxygens (including phenoxy) is 1. The molecule has 3 aromatic rings. The van der Waals surface area contributed by atoms with Crippen LogP contribution in [-0.2, 0) is 18.7 Å². The SMILES string of the molecule is CCOc1cnc(C(C)N2CCc3ccc(SCc4ccccc4)cc3C2)cn1. The predicted molar refractivity (Wildman–Crippen MR) is 118 cm³/mol. The van der Waals surface area contributed by atoms with Gasteiger partial charge in [0, 0.05) is 23.7 Å². The smallest absolute Gasteiger partial charge is 0.232 e. The second kappa shape index (κ2) is 9.42. The van der Waals surface area contributed by atoms with Gasteiger partial charge >= 0.3 is 0 Å². The van der Waals surface area contributed by atoms with Gasteiger partial charge < -0.3 is 4.74 Å². The maximum Gasteiger partial charge on any atom is 0.232 e. The minimum atomic E-state index is 0.229. The van der Waals surface area contributed by atoms with Gasteiger partial charge in [0.05, 0.1) is 30.7 Å². The van der Waals surface area contributed by atoms with E-state index in [1.807, 2.05) is 24.9 Å². The van der Waals surface area contributed by atoms with Crippen molar-refractivity contribution in [2.24, 2.45) is 0 Å². The fraction of sp³-hybridized carbons (Fsp3) is 0.333. The van der Waals surface area contributed by atoms with E-state index in [-0.39, 0.29) is 6.04 Å². The van der Waals surface area contributed by atoms with E-state index in [1.165, 1.54) is 21.6 Å². The van der Waals surface area contributed by atoms with Gasteiger partial charge in [0.25, 0.3) is 0 Å². The molecular weight excluding hydrogens is 378 g/mol. The first kappa shape index (κ1) is 19.9. The zero-order valence-corrected chi connectivity index (χ0v) is 17.9. The summed E-state index contributed by atoms with van der Waals surface area (Å²) in [5.41, 5.74) is 5.25. The Balaban J connectivity index is 1.42. The first-order valence-electron chi connectivity index (χ1n) is 10.2. The molecule has 1 atom stereocenters. The van der Waals surface area contributed by atoms with Gasteiger partial charge in [0.15, 0.2) is 0 Å². The fourth-order valence-electron chi connectivity index (χ4n) is 3.67. The molecule has 0 aliphatic carbocycles. The van der Waals surface area contributed by atoms with Crippen LogP contribution in [-0.4, -0.2) is 28.0 Å². The molecule has 1 aliphatic rings. The van der Waals surface area contributed by atoms with Crippen LogP contribution in [0.15, 0.2) is 65.8 Å². The highest BCUT2D eigenvalue weighted by molar-refractivity contribution is 7.98. The van der Waals surface area contributed by atoms with E-state index in [9.17, 15) is 0 Å². The van der Waals surface area contributed by atoms with Crippen molar-refractivity contribution in [3.8, 4) is 5.88 Å². The van der Waals surface area contributed by atoms with E-state index in [4.69, 9.17) is 4.74 Å². The molecule has 0 saturated heterocycles. The third-order valence-corrected chi connectivity index (χ3v) is 6.45. The van der Waals surface area contributed by atoms with E-state index in [2.05, 4.69) is 70.3 Å². The van der Waals surface area contributed by atoms with Gasteiger partial charge in [0.1, 0.15) is 0 Å². The van der Waals surface area contributed by atoms with Gasteiger partial charge in [-0.1, -0.05) is 36.4 Å². The lowest BCUT2D eigenvalue weighted by molar-refractivity contribution is 0.188. The number of aromatic nitrogens is 2. The topological polar surface area (TPSA) is 38.2 Å². The molecule has 0 fully saturated rings.